The molecule has 6 nitrogen and oxygen atoms in total. The van der Waals surface area contributed by atoms with Gasteiger partial charge in [0.05, 0.1) is 23.8 Å². The van der Waals surface area contributed by atoms with Gasteiger partial charge >= 0.3 is 6.09 Å². The molecule has 2 atom stereocenters. The van der Waals surface area contributed by atoms with Gasteiger partial charge in [0.15, 0.2) is 0 Å². The molecule has 33 heavy (non-hydrogen) atoms. The Labute approximate surface area is 200 Å². The van der Waals surface area contributed by atoms with Crippen molar-refractivity contribution in [3.63, 3.8) is 0 Å². The molecule has 0 spiro atoms. The predicted molar refractivity (Wildman–Crippen MR) is 128 cm³/mol. The van der Waals surface area contributed by atoms with Crippen LogP contribution in [-0.4, -0.2) is 49.4 Å². The second kappa shape index (κ2) is 9.43. The van der Waals surface area contributed by atoms with Crippen LogP contribution < -0.4 is 14.8 Å². The van der Waals surface area contributed by atoms with Crippen molar-refractivity contribution in [3.05, 3.63) is 47.0 Å². The average Bonchev–Trinajstić information content (AvgIpc) is 2.81. The van der Waals surface area contributed by atoms with Crippen LogP contribution in [0.25, 0.3) is 11.1 Å². The van der Waals surface area contributed by atoms with Crippen molar-refractivity contribution in [2.45, 2.75) is 51.4 Å². The normalized spacial score (nSPS) is 25.8. The first kappa shape index (κ1) is 22.4. The van der Waals surface area contributed by atoms with Crippen LogP contribution in [0.3, 0.4) is 0 Å². The molecule has 7 heteroatoms. The number of ether oxygens (including phenoxy) is 3. The molecule has 0 aromatic heterocycles. The fourth-order valence-electron chi connectivity index (χ4n) is 5.11. The molecule has 176 valence electrons. The molecule has 4 aliphatic rings. The maximum Gasteiger partial charge on any atom is 0.407 e. The first-order valence-electron chi connectivity index (χ1n) is 11.9. The number of hydrogen-bond donors (Lipinski definition) is 1. The van der Waals surface area contributed by atoms with Gasteiger partial charge in [0.2, 0.25) is 0 Å². The third-order valence-corrected chi connectivity index (χ3v) is 7.12. The summed E-state index contributed by atoms with van der Waals surface area (Å²) in [5.41, 5.74) is 2.96. The molecule has 0 saturated carbocycles. The Bertz CT molecular complexity index is 1020. The van der Waals surface area contributed by atoms with Crippen molar-refractivity contribution in [1.29, 1.82) is 0 Å². The van der Waals surface area contributed by atoms with Crippen LogP contribution in [0.1, 0.15) is 44.7 Å². The van der Waals surface area contributed by atoms with Crippen molar-refractivity contribution >= 4 is 17.7 Å². The summed E-state index contributed by atoms with van der Waals surface area (Å²) < 4.78 is 17.5. The quantitative estimate of drug-likeness (QED) is 0.630. The van der Waals surface area contributed by atoms with E-state index in [9.17, 15) is 4.79 Å². The van der Waals surface area contributed by atoms with Gasteiger partial charge in [0.1, 0.15) is 17.6 Å². The van der Waals surface area contributed by atoms with Crippen molar-refractivity contribution in [1.82, 2.24) is 10.2 Å². The number of carbonyl (C=O) groups excluding carboxylic acids is 1. The summed E-state index contributed by atoms with van der Waals surface area (Å²) in [4.78, 5) is 15.1. The van der Waals surface area contributed by atoms with Crippen LogP contribution in [-0.2, 0) is 4.74 Å². The minimum Gasteiger partial charge on any atom is -0.493 e. The van der Waals surface area contributed by atoms with Gasteiger partial charge in [0.25, 0.3) is 0 Å². The summed E-state index contributed by atoms with van der Waals surface area (Å²) >= 11 is 6.43. The number of halogens is 1. The number of amides is 1. The first-order chi connectivity index (χ1) is 16.0. The highest BCUT2D eigenvalue weighted by Gasteiger charge is 2.37. The Morgan fingerprint density at radius 2 is 1.88 bits per heavy atom. The van der Waals surface area contributed by atoms with E-state index in [0.29, 0.717) is 29.7 Å². The lowest BCUT2D eigenvalue weighted by molar-refractivity contribution is -0.0342. The van der Waals surface area contributed by atoms with E-state index in [1.807, 2.05) is 50.2 Å². The van der Waals surface area contributed by atoms with E-state index in [1.54, 1.807) is 0 Å². The van der Waals surface area contributed by atoms with E-state index in [1.165, 1.54) is 0 Å². The van der Waals surface area contributed by atoms with E-state index in [-0.39, 0.29) is 24.3 Å². The zero-order valence-corrected chi connectivity index (χ0v) is 19.9. The lowest BCUT2D eigenvalue weighted by Gasteiger charge is -2.44. The van der Waals surface area contributed by atoms with Crippen molar-refractivity contribution in [3.8, 4) is 22.6 Å². The number of carbonyl (C=O) groups is 1. The van der Waals surface area contributed by atoms with E-state index >= 15 is 0 Å². The van der Waals surface area contributed by atoms with Gasteiger partial charge in [-0.3, -0.25) is 4.90 Å². The summed E-state index contributed by atoms with van der Waals surface area (Å²) in [5.74, 6) is 1.95. The number of alkyl carbamates (subject to hydrolysis) is 1. The van der Waals surface area contributed by atoms with Crippen LogP contribution in [0.5, 0.6) is 11.5 Å². The molecule has 3 fully saturated rings. The number of fused-ring (bicyclic) bond motifs is 4. The van der Waals surface area contributed by atoms with Crippen molar-refractivity contribution in [2.75, 3.05) is 26.2 Å². The molecule has 0 radical (unpaired) electrons. The molecule has 2 aromatic rings. The smallest absolute Gasteiger partial charge is 0.407 e. The first-order valence-corrected chi connectivity index (χ1v) is 12.3. The van der Waals surface area contributed by atoms with Crippen LogP contribution >= 0.6 is 11.6 Å². The largest absolute Gasteiger partial charge is 0.493 e. The minimum absolute atomic E-state index is 0.00147. The molecule has 0 aliphatic carbocycles. The highest BCUT2D eigenvalue weighted by Crippen LogP contribution is 2.38. The molecule has 2 aromatic carbocycles. The van der Waals surface area contributed by atoms with Gasteiger partial charge in [-0.25, -0.2) is 4.79 Å². The Hall–Kier alpha value is -2.44. The SMILES string of the molecule is CC(C)Oc1ccc(-c2ccc3c(c2)OCCC3NC(=O)O[C@H]2CN3CCC2CC3)cc1Cl. The fourth-order valence-corrected chi connectivity index (χ4v) is 5.33. The number of nitrogens with zero attached hydrogens (tertiary/aromatic N) is 1. The molecule has 2 bridgehead atoms. The maximum absolute atomic E-state index is 12.7. The number of piperidine rings is 3. The Morgan fingerprint density at radius 3 is 2.58 bits per heavy atom. The number of benzene rings is 2. The molecule has 1 unspecified atom stereocenters. The van der Waals surface area contributed by atoms with E-state index in [0.717, 1.165) is 54.9 Å². The summed E-state index contributed by atoms with van der Waals surface area (Å²) in [5, 5.41) is 3.66. The Kier molecular flexibility index (Phi) is 6.39. The van der Waals surface area contributed by atoms with Crippen LogP contribution in [0.15, 0.2) is 36.4 Å². The third-order valence-electron chi connectivity index (χ3n) is 6.83. The highest BCUT2D eigenvalue weighted by molar-refractivity contribution is 6.32. The molecule has 1 amide bonds. The van der Waals surface area contributed by atoms with E-state index in [4.69, 9.17) is 25.8 Å². The second-order valence-electron chi connectivity index (χ2n) is 9.48. The van der Waals surface area contributed by atoms with Gasteiger partial charge in [0, 0.05) is 18.5 Å². The van der Waals surface area contributed by atoms with Crippen LogP contribution in [0.2, 0.25) is 5.02 Å². The molecule has 4 heterocycles. The highest BCUT2D eigenvalue weighted by atomic mass is 35.5. The third kappa shape index (κ3) is 4.92. The topological polar surface area (TPSA) is 60.0 Å². The summed E-state index contributed by atoms with van der Waals surface area (Å²) in [6.45, 7) is 7.60. The van der Waals surface area contributed by atoms with Crippen molar-refractivity contribution < 1.29 is 19.0 Å². The Morgan fingerprint density at radius 1 is 1.12 bits per heavy atom. The molecular weight excluding hydrogens is 440 g/mol. The molecular formula is C26H31ClN2O4. The van der Waals surface area contributed by atoms with Gasteiger partial charge < -0.3 is 19.5 Å². The second-order valence-corrected chi connectivity index (χ2v) is 9.89. The summed E-state index contributed by atoms with van der Waals surface area (Å²) in [6, 6.07) is 11.7. The van der Waals surface area contributed by atoms with Gasteiger partial charge in [-0.2, -0.15) is 0 Å². The van der Waals surface area contributed by atoms with Crippen LogP contribution in [0.4, 0.5) is 4.79 Å². The zero-order valence-electron chi connectivity index (χ0n) is 19.2. The van der Waals surface area contributed by atoms with Gasteiger partial charge in [-0.1, -0.05) is 29.8 Å². The summed E-state index contributed by atoms with van der Waals surface area (Å²) in [6.07, 6.45) is 2.69. The van der Waals surface area contributed by atoms with E-state index < -0.39 is 0 Å². The Balaban J connectivity index is 1.27. The van der Waals surface area contributed by atoms with Gasteiger partial charge in [-0.15, -0.1) is 0 Å². The van der Waals surface area contributed by atoms with Crippen LogP contribution in [0, 0.1) is 5.92 Å². The lowest BCUT2D eigenvalue weighted by Crippen LogP contribution is -2.52. The predicted octanol–water partition coefficient (Wildman–Crippen LogP) is 5.44. The maximum atomic E-state index is 12.7. The number of rotatable bonds is 5. The van der Waals surface area contributed by atoms with Crippen molar-refractivity contribution in [2.24, 2.45) is 5.92 Å². The van der Waals surface area contributed by atoms with E-state index in [2.05, 4.69) is 10.2 Å². The summed E-state index contributed by atoms with van der Waals surface area (Å²) in [7, 11) is 0. The molecule has 6 rings (SSSR count). The van der Waals surface area contributed by atoms with Gasteiger partial charge in [-0.05, 0) is 75.0 Å². The number of hydrogen-bond acceptors (Lipinski definition) is 5. The molecule has 3 saturated heterocycles. The standard InChI is InChI=1S/C26H31ClN2O4/c1-16(2)32-23-6-4-18(13-21(23)27)19-3-5-20-22(9-12-31-24(20)14-19)28-26(30)33-25-15-29-10-7-17(25)8-11-29/h3-6,13-14,16-17,22,25H,7-12,15H2,1-2H3,(H,28,30)/t22?,25-/m0/s1. The zero-order chi connectivity index (χ0) is 22.9. The lowest BCUT2D eigenvalue weighted by atomic mass is 9.86. The molecule has 1 N–H and O–H groups in total. The average molecular weight is 471 g/mol. The minimum atomic E-state index is -0.330. The monoisotopic (exact) mass is 470 g/mol. The number of nitrogens with one attached hydrogen (secondary N) is 1. The fraction of sp³-hybridized carbons (Fsp3) is 0.500. The molecule has 4 aliphatic heterocycles.